The fraction of sp³-hybridized carbons (Fsp3) is 0.423. The lowest BCUT2D eigenvalue weighted by Gasteiger charge is -2.13. The van der Waals surface area contributed by atoms with Crippen LogP contribution < -0.4 is 29.8 Å². The molecular weight excluding hydrogens is 482 g/mol. The van der Waals surface area contributed by atoms with Crippen LogP contribution in [0.2, 0.25) is 0 Å². The van der Waals surface area contributed by atoms with E-state index in [9.17, 15) is 9.59 Å². The van der Waals surface area contributed by atoms with Gasteiger partial charge in [0.2, 0.25) is 5.91 Å². The topological polar surface area (TPSA) is 104 Å². The average Bonchev–Trinajstić information content (AvgIpc) is 2.87. The normalized spacial score (nSPS) is 10.8. The van der Waals surface area contributed by atoms with Crippen molar-refractivity contribution >= 4 is 29.0 Å². The molecule has 3 aromatic rings. The van der Waals surface area contributed by atoms with Gasteiger partial charge in [0.1, 0.15) is 0 Å². The zero-order valence-electron chi connectivity index (χ0n) is 21.1. The number of hydrogen-bond acceptors (Lipinski definition) is 7. The number of ether oxygens (including phenoxy) is 4. The molecule has 36 heavy (non-hydrogen) atoms. The minimum Gasteiger partial charge on any atom is -0.493 e. The molecule has 0 bridgehead atoms. The van der Waals surface area contributed by atoms with Gasteiger partial charge in [-0.25, -0.2) is 0 Å². The molecule has 0 aliphatic rings. The minimum atomic E-state index is -0.230. The molecule has 0 saturated carbocycles. The first-order valence-electron chi connectivity index (χ1n) is 12.0. The highest BCUT2D eigenvalue weighted by molar-refractivity contribution is 7.71. The first-order chi connectivity index (χ1) is 17.4. The van der Waals surface area contributed by atoms with Crippen molar-refractivity contribution in [2.24, 2.45) is 0 Å². The van der Waals surface area contributed by atoms with E-state index in [0.717, 1.165) is 5.56 Å². The summed E-state index contributed by atoms with van der Waals surface area (Å²) in [6, 6.07) is 9.09. The van der Waals surface area contributed by atoms with Gasteiger partial charge in [0.25, 0.3) is 5.56 Å². The van der Waals surface area contributed by atoms with E-state index < -0.39 is 0 Å². The van der Waals surface area contributed by atoms with Gasteiger partial charge in [-0.2, -0.15) is 0 Å². The summed E-state index contributed by atoms with van der Waals surface area (Å²) in [6.45, 7) is 5.49. The fourth-order valence-corrected chi connectivity index (χ4v) is 4.15. The summed E-state index contributed by atoms with van der Waals surface area (Å²) >= 11 is 5.42. The quantitative estimate of drug-likeness (QED) is 0.332. The van der Waals surface area contributed by atoms with Crippen LogP contribution in [0, 0.1) is 4.77 Å². The molecule has 3 rings (SSSR count). The summed E-state index contributed by atoms with van der Waals surface area (Å²) in [5.74, 6) is 2.30. The molecule has 1 amide bonds. The first kappa shape index (κ1) is 27.1. The molecule has 0 fully saturated rings. The Labute approximate surface area is 215 Å². The van der Waals surface area contributed by atoms with Gasteiger partial charge in [-0.15, -0.1) is 0 Å². The number of methoxy groups -OCH3 is 2. The molecule has 2 aromatic carbocycles. The molecule has 0 saturated heterocycles. The van der Waals surface area contributed by atoms with Gasteiger partial charge in [-0.3, -0.25) is 14.2 Å². The molecule has 0 radical (unpaired) electrons. The second kappa shape index (κ2) is 13.0. The van der Waals surface area contributed by atoms with Gasteiger partial charge < -0.3 is 29.2 Å². The van der Waals surface area contributed by atoms with Gasteiger partial charge in [0, 0.05) is 25.6 Å². The largest absolute Gasteiger partial charge is 0.493 e. The number of aromatic nitrogens is 2. The maximum Gasteiger partial charge on any atom is 0.262 e. The molecular formula is C26H33N3O6S. The maximum atomic E-state index is 13.1. The molecule has 1 heterocycles. The second-order valence-corrected chi connectivity index (χ2v) is 8.38. The Morgan fingerprint density at radius 1 is 1.00 bits per heavy atom. The van der Waals surface area contributed by atoms with Gasteiger partial charge in [-0.1, -0.05) is 6.07 Å². The van der Waals surface area contributed by atoms with Crippen LogP contribution in [0.25, 0.3) is 10.9 Å². The minimum absolute atomic E-state index is 0.0841. The standard InChI is InChI=1S/C26H33N3O6S/c1-5-34-22-15-18-19(16-23(22)35-6-2)28-26(36)29(25(18)31)13-7-8-24(30)27-12-11-17-9-10-20(32-3)21(14-17)33-4/h9-10,14-16H,5-8,11-13H2,1-4H3,(H,27,30)(H,28,36). The lowest BCUT2D eigenvalue weighted by molar-refractivity contribution is -0.121. The van der Waals surface area contributed by atoms with Crippen LogP contribution in [-0.2, 0) is 17.8 Å². The van der Waals surface area contributed by atoms with Gasteiger partial charge in [-0.05, 0) is 62.7 Å². The van der Waals surface area contributed by atoms with Crippen molar-refractivity contribution in [3.63, 3.8) is 0 Å². The van der Waals surface area contributed by atoms with Gasteiger partial charge in [0.05, 0.1) is 38.3 Å². The highest BCUT2D eigenvalue weighted by Crippen LogP contribution is 2.31. The Morgan fingerprint density at radius 3 is 2.36 bits per heavy atom. The summed E-state index contributed by atoms with van der Waals surface area (Å²) in [4.78, 5) is 28.6. The number of rotatable bonds is 13. The monoisotopic (exact) mass is 515 g/mol. The smallest absolute Gasteiger partial charge is 0.262 e. The average molecular weight is 516 g/mol. The molecule has 0 unspecified atom stereocenters. The zero-order chi connectivity index (χ0) is 26.1. The van der Waals surface area contributed by atoms with Crippen LogP contribution in [-0.4, -0.2) is 49.4 Å². The molecule has 0 aliphatic heterocycles. The number of hydrogen-bond donors (Lipinski definition) is 2. The third kappa shape index (κ3) is 6.57. The van der Waals surface area contributed by atoms with Crippen molar-refractivity contribution in [1.29, 1.82) is 0 Å². The highest BCUT2D eigenvalue weighted by Gasteiger charge is 2.13. The van der Waals surface area contributed by atoms with Crippen LogP contribution in [0.15, 0.2) is 35.1 Å². The van der Waals surface area contributed by atoms with Crippen molar-refractivity contribution < 1.29 is 23.7 Å². The number of fused-ring (bicyclic) bond motifs is 1. The molecule has 1 aromatic heterocycles. The van der Waals surface area contributed by atoms with Crippen LogP contribution in [0.4, 0.5) is 0 Å². The van der Waals surface area contributed by atoms with E-state index in [1.54, 1.807) is 26.4 Å². The van der Waals surface area contributed by atoms with E-state index in [1.807, 2.05) is 32.0 Å². The molecule has 0 spiro atoms. The molecule has 0 atom stereocenters. The highest BCUT2D eigenvalue weighted by atomic mass is 32.1. The number of nitrogens with zero attached hydrogens (tertiary/aromatic N) is 1. The van der Waals surface area contributed by atoms with E-state index in [1.165, 1.54) is 4.57 Å². The second-order valence-electron chi connectivity index (χ2n) is 7.99. The van der Waals surface area contributed by atoms with Crippen LogP contribution in [0.3, 0.4) is 0 Å². The van der Waals surface area contributed by atoms with E-state index >= 15 is 0 Å². The van der Waals surface area contributed by atoms with Crippen molar-refractivity contribution in [3.8, 4) is 23.0 Å². The fourth-order valence-electron chi connectivity index (χ4n) is 3.87. The van der Waals surface area contributed by atoms with E-state index in [4.69, 9.17) is 31.2 Å². The predicted molar refractivity (Wildman–Crippen MR) is 141 cm³/mol. The Morgan fingerprint density at radius 2 is 1.69 bits per heavy atom. The SMILES string of the molecule is CCOc1cc2[nH]c(=S)n(CCCC(=O)NCCc3ccc(OC)c(OC)c3)c(=O)c2cc1OCC. The van der Waals surface area contributed by atoms with Gasteiger partial charge in [0.15, 0.2) is 27.8 Å². The molecule has 9 nitrogen and oxygen atoms in total. The predicted octanol–water partition coefficient (Wildman–Crippen LogP) is 4.01. The number of aromatic amines is 1. The van der Waals surface area contributed by atoms with Crippen LogP contribution in [0.1, 0.15) is 32.3 Å². The van der Waals surface area contributed by atoms with E-state index in [0.29, 0.717) is 77.8 Å². The summed E-state index contributed by atoms with van der Waals surface area (Å²) < 4.78 is 23.6. The lowest BCUT2D eigenvalue weighted by Crippen LogP contribution is -2.27. The zero-order valence-corrected chi connectivity index (χ0v) is 22.0. The summed E-state index contributed by atoms with van der Waals surface area (Å²) in [5.41, 5.74) is 1.38. The van der Waals surface area contributed by atoms with Crippen molar-refractivity contribution in [3.05, 3.63) is 51.0 Å². The third-order valence-electron chi connectivity index (χ3n) is 5.62. The summed E-state index contributed by atoms with van der Waals surface area (Å²) in [5, 5.41) is 3.37. The molecule has 194 valence electrons. The Hall–Kier alpha value is -3.53. The maximum absolute atomic E-state index is 13.1. The van der Waals surface area contributed by atoms with Crippen molar-refractivity contribution in [2.75, 3.05) is 34.0 Å². The Kier molecular flexibility index (Phi) is 9.75. The number of nitrogens with one attached hydrogen (secondary N) is 2. The molecule has 2 N–H and O–H groups in total. The lowest BCUT2D eigenvalue weighted by atomic mass is 10.1. The summed E-state index contributed by atoms with van der Waals surface area (Å²) in [6.07, 6.45) is 1.41. The van der Waals surface area contributed by atoms with Crippen LogP contribution in [0.5, 0.6) is 23.0 Å². The molecule has 10 heteroatoms. The Bertz CT molecular complexity index is 1320. The number of H-pyrrole nitrogens is 1. The van der Waals surface area contributed by atoms with Gasteiger partial charge >= 0.3 is 0 Å². The van der Waals surface area contributed by atoms with Crippen molar-refractivity contribution in [2.45, 2.75) is 39.7 Å². The third-order valence-corrected chi connectivity index (χ3v) is 5.94. The summed E-state index contributed by atoms with van der Waals surface area (Å²) in [7, 11) is 3.18. The Balaban J connectivity index is 1.60. The van der Waals surface area contributed by atoms with Crippen molar-refractivity contribution in [1.82, 2.24) is 14.9 Å². The number of carbonyl (C=O) groups is 1. The number of benzene rings is 2. The van der Waals surface area contributed by atoms with E-state index in [-0.39, 0.29) is 17.9 Å². The number of amides is 1. The molecule has 0 aliphatic carbocycles. The van der Waals surface area contributed by atoms with E-state index in [2.05, 4.69) is 10.3 Å². The van der Waals surface area contributed by atoms with Crippen LogP contribution >= 0.6 is 12.2 Å². The number of carbonyl (C=O) groups excluding carboxylic acids is 1. The first-order valence-corrected chi connectivity index (χ1v) is 12.4.